The fourth-order valence-corrected chi connectivity index (χ4v) is 2.12. The van der Waals surface area contributed by atoms with Crippen LogP contribution < -0.4 is 4.74 Å². The van der Waals surface area contributed by atoms with Gasteiger partial charge in [0.25, 0.3) is 0 Å². The first kappa shape index (κ1) is 10.1. The maximum absolute atomic E-state index is 9.49. The predicted molar refractivity (Wildman–Crippen MR) is 65.3 cm³/mol. The van der Waals surface area contributed by atoms with E-state index < -0.39 is 0 Å². The molecule has 0 saturated heterocycles. The Bertz CT molecular complexity index is 578. The van der Waals surface area contributed by atoms with E-state index in [0.717, 1.165) is 30.0 Å². The van der Waals surface area contributed by atoms with Crippen LogP contribution in [0.1, 0.15) is 11.3 Å². The number of para-hydroxylation sites is 1. The molecule has 3 nitrogen and oxygen atoms in total. The van der Waals surface area contributed by atoms with Crippen molar-refractivity contribution in [2.24, 2.45) is 0 Å². The zero-order valence-corrected chi connectivity index (χ0v) is 9.60. The first-order chi connectivity index (χ1) is 8.25. The molecule has 2 aromatic rings. The summed E-state index contributed by atoms with van der Waals surface area (Å²) in [7, 11) is 0. The lowest BCUT2D eigenvalue weighted by molar-refractivity contribution is 0.358. The van der Waals surface area contributed by atoms with E-state index in [0.29, 0.717) is 5.69 Å². The molecule has 2 heterocycles. The number of ether oxygens (including phenoxy) is 1. The van der Waals surface area contributed by atoms with Gasteiger partial charge in [-0.05, 0) is 30.7 Å². The van der Waals surface area contributed by atoms with Gasteiger partial charge in [-0.1, -0.05) is 12.1 Å². The van der Waals surface area contributed by atoms with Crippen LogP contribution in [0.5, 0.6) is 11.5 Å². The average Bonchev–Trinajstić information content (AvgIpc) is 2.80. The van der Waals surface area contributed by atoms with Crippen LogP contribution in [0.4, 0.5) is 0 Å². The van der Waals surface area contributed by atoms with Crippen molar-refractivity contribution in [2.45, 2.75) is 13.3 Å². The van der Waals surface area contributed by atoms with Gasteiger partial charge in [-0.15, -0.1) is 0 Å². The van der Waals surface area contributed by atoms with Crippen LogP contribution in [-0.2, 0) is 6.42 Å². The van der Waals surface area contributed by atoms with Gasteiger partial charge in [-0.25, -0.2) is 4.98 Å². The van der Waals surface area contributed by atoms with E-state index >= 15 is 0 Å². The molecule has 1 aliphatic heterocycles. The van der Waals surface area contributed by atoms with Gasteiger partial charge in [0.1, 0.15) is 11.5 Å². The number of aromatic hydroxyl groups is 1. The minimum Gasteiger partial charge on any atom is -0.506 e. The highest BCUT2D eigenvalue weighted by atomic mass is 16.5. The van der Waals surface area contributed by atoms with Crippen molar-refractivity contribution in [2.75, 3.05) is 6.61 Å². The Kier molecular flexibility index (Phi) is 2.25. The van der Waals surface area contributed by atoms with E-state index in [-0.39, 0.29) is 5.75 Å². The second kappa shape index (κ2) is 3.77. The molecule has 0 fully saturated rings. The molecule has 0 amide bonds. The second-order valence-electron chi connectivity index (χ2n) is 4.19. The molecule has 1 aliphatic rings. The Balaban J connectivity index is 2.15. The van der Waals surface area contributed by atoms with Gasteiger partial charge in [0.2, 0.25) is 0 Å². The molecule has 0 saturated carbocycles. The van der Waals surface area contributed by atoms with Crippen molar-refractivity contribution in [1.29, 1.82) is 0 Å². The van der Waals surface area contributed by atoms with Crippen molar-refractivity contribution < 1.29 is 9.84 Å². The monoisotopic (exact) mass is 227 g/mol. The van der Waals surface area contributed by atoms with Crippen molar-refractivity contribution >= 4 is 0 Å². The average molecular weight is 227 g/mol. The van der Waals surface area contributed by atoms with E-state index in [4.69, 9.17) is 4.74 Å². The van der Waals surface area contributed by atoms with E-state index in [1.807, 2.05) is 18.2 Å². The Morgan fingerprint density at radius 3 is 2.94 bits per heavy atom. The van der Waals surface area contributed by atoms with Gasteiger partial charge in [0.15, 0.2) is 0 Å². The lowest BCUT2D eigenvalue weighted by atomic mass is 10.0. The first-order valence-corrected chi connectivity index (χ1v) is 5.67. The van der Waals surface area contributed by atoms with Crippen LogP contribution >= 0.6 is 0 Å². The summed E-state index contributed by atoms with van der Waals surface area (Å²) in [5.41, 5.74) is 3.72. The molecule has 0 spiro atoms. The SMILES string of the molecule is Cc1nc(-c2cccc3c2OCC3)ccc1O. The standard InChI is InChI=1S/C14H13NO2/c1-9-13(16)6-5-12(15-9)11-4-2-3-10-7-8-17-14(10)11/h2-6,16H,7-8H2,1H3. The third-order valence-corrected chi connectivity index (χ3v) is 3.05. The summed E-state index contributed by atoms with van der Waals surface area (Å²) in [5.74, 6) is 1.16. The molecule has 0 radical (unpaired) electrons. The number of hydrogen-bond donors (Lipinski definition) is 1. The van der Waals surface area contributed by atoms with Crippen molar-refractivity contribution in [3.05, 3.63) is 41.6 Å². The Morgan fingerprint density at radius 2 is 2.12 bits per heavy atom. The van der Waals surface area contributed by atoms with Gasteiger partial charge < -0.3 is 9.84 Å². The zero-order chi connectivity index (χ0) is 11.8. The number of benzene rings is 1. The van der Waals surface area contributed by atoms with Gasteiger partial charge in [0.05, 0.1) is 18.0 Å². The third kappa shape index (κ3) is 1.64. The highest BCUT2D eigenvalue weighted by Gasteiger charge is 2.17. The highest BCUT2D eigenvalue weighted by molar-refractivity contribution is 5.70. The number of aromatic nitrogens is 1. The molecule has 1 N–H and O–H groups in total. The summed E-state index contributed by atoms with van der Waals surface area (Å²) in [6.07, 6.45) is 0.959. The van der Waals surface area contributed by atoms with E-state index in [1.165, 1.54) is 5.56 Å². The maximum atomic E-state index is 9.49. The Morgan fingerprint density at radius 1 is 1.24 bits per heavy atom. The summed E-state index contributed by atoms with van der Waals surface area (Å²) < 4.78 is 5.65. The zero-order valence-electron chi connectivity index (χ0n) is 9.60. The number of pyridine rings is 1. The number of fused-ring (bicyclic) bond motifs is 1. The smallest absolute Gasteiger partial charge is 0.136 e. The summed E-state index contributed by atoms with van der Waals surface area (Å²) in [5, 5.41) is 9.49. The lowest BCUT2D eigenvalue weighted by Crippen LogP contribution is -1.91. The van der Waals surface area contributed by atoms with E-state index in [2.05, 4.69) is 11.1 Å². The van der Waals surface area contributed by atoms with Crippen molar-refractivity contribution in [1.82, 2.24) is 4.98 Å². The predicted octanol–water partition coefficient (Wildman–Crippen LogP) is 2.70. The molecule has 1 aromatic heterocycles. The number of rotatable bonds is 1. The minimum atomic E-state index is 0.224. The van der Waals surface area contributed by atoms with Crippen LogP contribution in [0.25, 0.3) is 11.3 Å². The molecule has 86 valence electrons. The quantitative estimate of drug-likeness (QED) is 0.814. The second-order valence-corrected chi connectivity index (χ2v) is 4.19. The van der Waals surface area contributed by atoms with Crippen molar-refractivity contribution in [3.8, 4) is 22.8 Å². The largest absolute Gasteiger partial charge is 0.506 e. The number of nitrogens with zero attached hydrogens (tertiary/aromatic N) is 1. The van der Waals surface area contributed by atoms with E-state index in [9.17, 15) is 5.11 Å². The molecule has 17 heavy (non-hydrogen) atoms. The fourth-order valence-electron chi connectivity index (χ4n) is 2.12. The van der Waals surface area contributed by atoms with Gasteiger partial charge in [-0.2, -0.15) is 0 Å². The van der Waals surface area contributed by atoms with Crippen molar-refractivity contribution in [3.63, 3.8) is 0 Å². The topological polar surface area (TPSA) is 42.4 Å². The normalized spacial score (nSPS) is 13.2. The Labute approximate surface area is 99.7 Å². The molecule has 0 bridgehead atoms. The molecule has 0 aliphatic carbocycles. The summed E-state index contributed by atoms with van der Waals surface area (Å²) in [6.45, 7) is 2.53. The van der Waals surface area contributed by atoms with Crippen LogP contribution in [0.15, 0.2) is 30.3 Å². The molecular weight excluding hydrogens is 214 g/mol. The fraction of sp³-hybridized carbons (Fsp3) is 0.214. The van der Waals surface area contributed by atoms with Crippen LogP contribution in [-0.4, -0.2) is 16.7 Å². The number of aryl methyl sites for hydroxylation is 1. The number of hydrogen-bond acceptors (Lipinski definition) is 3. The van der Waals surface area contributed by atoms with Crippen LogP contribution in [0.2, 0.25) is 0 Å². The molecular formula is C14H13NO2. The summed E-state index contributed by atoms with van der Waals surface area (Å²) in [6, 6.07) is 9.60. The summed E-state index contributed by atoms with van der Waals surface area (Å²) >= 11 is 0. The first-order valence-electron chi connectivity index (χ1n) is 5.67. The minimum absolute atomic E-state index is 0.224. The van der Waals surface area contributed by atoms with Crippen LogP contribution in [0.3, 0.4) is 0 Å². The van der Waals surface area contributed by atoms with Gasteiger partial charge in [-0.3, -0.25) is 0 Å². The third-order valence-electron chi connectivity index (χ3n) is 3.05. The lowest BCUT2D eigenvalue weighted by Gasteiger charge is -2.08. The molecule has 0 atom stereocenters. The van der Waals surface area contributed by atoms with E-state index in [1.54, 1.807) is 13.0 Å². The van der Waals surface area contributed by atoms with Gasteiger partial charge in [0, 0.05) is 12.0 Å². The van der Waals surface area contributed by atoms with Gasteiger partial charge >= 0.3 is 0 Å². The maximum Gasteiger partial charge on any atom is 0.136 e. The molecule has 1 aromatic carbocycles. The highest BCUT2D eigenvalue weighted by Crippen LogP contribution is 2.36. The molecule has 0 unspecified atom stereocenters. The summed E-state index contributed by atoms with van der Waals surface area (Å²) in [4.78, 5) is 4.39. The molecule has 3 rings (SSSR count). The molecule has 3 heteroatoms. The Hall–Kier alpha value is -2.03. The van der Waals surface area contributed by atoms with Crippen LogP contribution in [0, 0.1) is 6.92 Å².